The maximum absolute atomic E-state index is 11.8. The Balaban J connectivity index is 2.98. The van der Waals surface area contributed by atoms with E-state index in [-0.39, 0.29) is 4.99 Å². The molecule has 0 aliphatic rings. The molecule has 17 heavy (non-hydrogen) atoms. The fraction of sp³-hybridized carbons (Fsp3) is 0.300. The van der Waals surface area contributed by atoms with Crippen molar-refractivity contribution in [1.29, 1.82) is 0 Å². The van der Waals surface area contributed by atoms with Crippen molar-refractivity contribution in [2.45, 2.75) is 19.1 Å². The first-order valence-electron chi connectivity index (χ1n) is 4.81. The lowest BCUT2D eigenvalue weighted by atomic mass is 10.2. The summed E-state index contributed by atoms with van der Waals surface area (Å²) in [7, 11) is -3.58. The van der Waals surface area contributed by atoms with Crippen LogP contribution in [0.4, 0.5) is 5.69 Å². The molecule has 0 bridgehead atoms. The van der Waals surface area contributed by atoms with Gasteiger partial charge >= 0.3 is 0 Å². The van der Waals surface area contributed by atoms with Crippen LogP contribution in [0.2, 0.25) is 0 Å². The number of hydrogen-bond donors (Lipinski definition) is 2. The van der Waals surface area contributed by atoms with Crippen LogP contribution in [0, 0.1) is 6.92 Å². The summed E-state index contributed by atoms with van der Waals surface area (Å²) in [4.78, 5) is -0.0522. The average molecular weight is 337 g/mol. The number of anilines is 1. The third-order valence-corrected chi connectivity index (χ3v) is 5.36. The van der Waals surface area contributed by atoms with Gasteiger partial charge in [-0.25, -0.2) is 8.42 Å². The van der Waals surface area contributed by atoms with Gasteiger partial charge in [0.1, 0.15) is 5.25 Å². The third kappa shape index (κ3) is 3.65. The maximum atomic E-state index is 11.8. The summed E-state index contributed by atoms with van der Waals surface area (Å²) in [5, 5.41) is -0.905. The van der Waals surface area contributed by atoms with E-state index in [0.29, 0.717) is 5.69 Å². The number of sulfonamides is 1. The highest BCUT2D eigenvalue weighted by atomic mass is 79.9. The SMILES string of the molecule is Cc1ccc(NS(=O)(=O)C(C)C(N)=S)cc1Br. The topological polar surface area (TPSA) is 72.2 Å². The predicted molar refractivity (Wildman–Crippen MR) is 77.7 cm³/mol. The molecular formula is C10H13BrN2O2S2. The van der Waals surface area contributed by atoms with E-state index in [9.17, 15) is 8.42 Å². The van der Waals surface area contributed by atoms with Crippen molar-refractivity contribution >= 4 is 48.8 Å². The Bertz CT molecular complexity index is 543. The minimum Gasteiger partial charge on any atom is -0.392 e. The number of halogens is 1. The van der Waals surface area contributed by atoms with Gasteiger partial charge in [-0.2, -0.15) is 0 Å². The molecule has 0 fully saturated rings. The van der Waals surface area contributed by atoms with Crippen molar-refractivity contribution in [3.8, 4) is 0 Å². The highest BCUT2D eigenvalue weighted by Gasteiger charge is 2.23. The number of rotatable bonds is 4. The van der Waals surface area contributed by atoms with Crippen LogP contribution >= 0.6 is 28.1 Å². The summed E-state index contributed by atoms with van der Waals surface area (Å²) in [6, 6.07) is 5.19. The van der Waals surface area contributed by atoms with E-state index in [1.54, 1.807) is 12.1 Å². The van der Waals surface area contributed by atoms with Crippen LogP contribution in [0.5, 0.6) is 0 Å². The molecule has 0 saturated carbocycles. The summed E-state index contributed by atoms with van der Waals surface area (Å²) in [5.41, 5.74) is 6.83. The molecule has 0 aliphatic heterocycles. The highest BCUT2D eigenvalue weighted by molar-refractivity contribution is 9.10. The van der Waals surface area contributed by atoms with Crippen LogP contribution < -0.4 is 10.5 Å². The highest BCUT2D eigenvalue weighted by Crippen LogP contribution is 2.22. The first kappa shape index (κ1) is 14.4. The lowest BCUT2D eigenvalue weighted by molar-refractivity contribution is 0.598. The fourth-order valence-corrected chi connectivity index (χ4v) is 2.76. The van der Waals surface area contributed by atoms with Gasteiger partial charge in [0.2, 0.25) is 10.0 Å². The Hall–Kier alpha value is -0.660. The van der Waals surface area contributed by atoms with E-state index in [4.69, 9.17) is 5.73 Å². The van der Waals surface area contributed by atoms with E-state index in [1.807, 2.05) is 13.0 Å². The molecule has 0 amide bonds. The lowest BCUT2D eigenvalue weighted by Crippen LogP contribution is -2.35. The van der Waals surface area contributed by atoms with E-state index in [1.165, 1.54) is 6.92 Å². The minimum atomic E-state index is -3.58. The van der Waals surface area contributed by atoms with E-state index in [0.717, 1.165) is 10.0 Å². The van der Waals surface area contributed by atoms with Crippen LogP contribution in [0.1, 0.15) is 12.5 Å². The quantitative estimate of drug-likeness (QED) is 0.826. The molecule has 1 rings (SSSR count). The van der Waals surface area contributed by atoms with Crippen molar-refractivity contribution < 1.29 is 8.42 Å². The Morgan fingerprint density at radius 2 is 2.12 bits per heavy atom. The fourth-order valence-electron chi connectivity index (χ4n) is 1.06. The molecule has 0 aromatic heterocycles. The van der Waals surface area contributed by atoms with Gasteiger partial charge in [-0.3, -0.25) is 4.72 Å². The molecule has 0 heterocycles. The maximum Gasteiger partial charge on any atom is 0.241 e. The van der Waals surface area contributed by atoms with Crippen LogP contribution in [0.3, 0.4) is 0 Å². The van der Waals surface area contributed by atoms with Gasteiger partial charge in [-0.05, 0) is 31.5 Å². The van der Waals surface area contributed by atoms with Gasteiger partial charge < -0.3 is 5.73 Å². The van der Waals surface area contributed by atoms with Gasteiger partial charge in [0.05, 0.1) is 4.99 Å². The molecule has 0 spiro atoms. The summed E-state index contributed by atoms with van der Waals surface area (Å²) in [6.07, 6.45) is 0. The Morgan fingerprint density at radius 3 is 2.59 bits per heavy atom. The second kappa shape index (κ2) is 5.32. The largest absolute Gasteiger partial charge is 0.392 e. The molecule has 1 aromatic carbocycles. The Kier molecular flexibility index (Phi) is 4.51. The molecule has 0 saturated heterocycles. The number of nitrogens with one attached hydrogen (secondary N) is 1. The van der Waals surface area contributed by atoms with Crippen molar-refractivity contribution in [2.24, 2.45) is 5.73 Å². The summed E-state index contributed by atoms with van der Waals surface area (Å²) in [5.74, 6) is 0. The monoisotopic (exact) mass is 336 g/mol. The second-order valence-corrected chi connectivity index (χ2v) is 6.98. The predicted octanol–water partition coefficient (Wildman–Crippen LogP) is 2.17. The smallest absolute Gasteiger partial charge is 0.241 e. The molecule has 1 aromatic rings. The van der Waals surface area contributed by atoms with Crippen molar-refractivity contribution in [3.63, 3.8) is 0 Å². The van der Waals surface area contributed by atoms with Crippen LogP contribution in [-0.2, 0) is 10.0 Å². The normalized spacial score (nSPS) is 13.1. The van der Waals surface area contributed by atoms with Gasteiger partial charge in [0.25, 0.3) is 0 Å². The molecule has 3 N–H and O–H groups in total. The standard InChI is InChI=1S/C10H13BrN2O2S2/c1-6-3-4-8(5-9(6)11)13-17(14,15)7(2)10(12)16/h3-5,7,13H,1-2H3,(H2,12,16). The number of benzene rings is 1. The minimum absolute atomic E-state index is 0.0522. The summed E-state index contributed by atoms with van der Waals surface area (Å²) < 4.78 is 27.0. The zero-order valence-corrected chi connectivity index (χ0v) is 12.6. The van der Waals surface area contributed by atoms with Gasteiger partial charge in [0.15, 0.2) is 0 Å². The van der Waals surface area contributed by atoms with E-state index >= 15 is 0 Å². The van der Waals surface area contributed by atoms with Crippen molar-refractivity contribution in [3.05, 3.63) is 28.2 Å². The first-order chi connectivity index (χ1) is 7.74. The van der Waals surface area contributed by atoms with Crippen LogP contribution in [0.25, 0.3) is 0 Å². The van der Waals surface area contributed by atoms with Gasteiger partial charge in [-0.15, -0.1) is 0 Å². The van der Waals surface area contributed by atoms with Crippen LogP contribution in [-0.4, -0.2) is 18.7 Å². The number of thiocarbonyl (C=S) groups is 1. The Labute approximate surface area is 115 Å². The summed E-state index contributed by atoms with van der Waals surface area (Å²) in [6.45, 7) is 3.37. The van der Waals surface area contributed by atoms with E-state index < -0.39 is 15.3 Å². The van der Waals surface area contributed by atoms with Crippen LogP contribution in [0.15, 0.2) is 22.7 Å². The molecule has 4 nitrogen and oxygen atoms in total. The number of nitrogens with two attached hydrogens (primary N) is 1. The molecule has 7 heteroatoms. The van der Waals surface area contributed by atoms with Crippen molar-refractivity contribution in [1.82, 2.24) is 0 Å². The molecule has 0 radical (unpaired) electrons. The zero-order valence-electron chi connectivity index (χ0n) is 9.40. The van der Waals surface area contributed by atoms with Gasteiger partial charge in [-0.1, -0.05) is 34.2 Å². The van der Waals surface area contributed by atoms with E-state index in [2.05, 4.69) is 32.9 Å². The molecule has 1 atom stereocenters. The average Bonchev–Trinajstić information content (AvgIpc) is 2.22. The summed E-state index contributed by atoms with van der Waals surface area (Å²) >= 11 is 8.01. The second-order valence-electron chi connectivity index (χ2n) is 3.66. The number of aryl methyl sites for hydroxylation is 1. The van der Waals surface area contributed by atoms with Crippen molar-refractivity contribution in [2.75, 3.05) is 4.72 Å². The molecule has 1 unspecified atom stereocenters. The molecular weight excluding hydrogens is 324 g/mol. The molecule has 94 valence electrons. The first-order valence-corrected chi connectivity index (χ1v) is 7.56. The zero-order chi connectivity index (χ0) is 13.2. The lowest BCUT2D eigenvalue weighted by Gasteiger charge is -2.14. The Morgan fingerprint density at radius 1 is 1.53 bits per heavy atom. The molecule has 0 aliphatic carbocycles. The number of hydrogen-bond acceptors (Lipinski definition) is 3. The third-order valence-electron chi connectivity index (χ3n) is 2.30. The van der Waals surface area contributed by atoms with Gasteiger partial charge in [0, 0.05) is 10.2 Å².